The van der Waals surface area contributed by atoms with Crippen LogP contribution in [0.5, 0.6) is 0 Å². The Morgan fingerprint density at radius 1 is 1.67 bits per heavy atom. The number of nitrogens with zero attached hydrogens (tertiary/aromatic N) is 1. The molecule has 48 valence electrons. The van der Waals surface area contributed by atoms with E-state index in [1.807, 2.05) is 0 Å². The van der Waals surface area contributed by atoms with Gasteiger partial charge in [0.25, 0.3) is 0 Å². The summed E-state index contributed by atoms with van der Waals surface area (Å²) in [6.45, 7) is 1.70. The fraction of sp³-hybridized carbons (Fsp3) is 0.250. The highest BCUT2D eigenvalue weighted by atomic mass is 16.5. The van der Waals surface area contributed by atoms with Crippen molar-refractivity contribution in [1.82, 2.24) is 5.16 Å². The third-order valence-electron chi connectivity index (χ3n) is 0.901. The van der Waals surface area contributed by atoms with Crippen LogP contribution in [0.15, 0.2) is 10.6 Å². The molecule has 0 saturated heterocycles. The van der Waals surface area contributed by atoms with Crippen molar-refractivity contribution in [2.45, 2.75) is 6.92 Å². The third kappa shape index (κ3) is 1.31. The monoisotopic (exact) mass is 127 g/mol. The van der Waals surface area contributed by atoms with E-state index < -0.39 is 7.12 Å². The van der Waals surface area contributed by atoms with Gasteiger partial charge in [-0.15, -0.1) is 0 Å². The molecule has 5 heteroatoms. The molecule has 1 aromatic rings. The van der Waals surface area contributed by atoms with Gasteiger partial charge in [-0.3, -0.25) is 0 Å². The molecule has 0 unspecified atom stereocenters. The zero-order valence-electron chi connectivity index (χ0n) is 4.90. The summed E-state index contributed by atoms with van der Waals surface area (Å²) in [5, 5.41) is 20.4. The zero-order valence-corrected chi connectivity index (χ0v) is 4.90. The number of aromatic nitrogens is 1. The number of aryl methyl sites for hydroxylation is 1. The topological polar surface area (TPSA) is 66.5 Å². The molecule has 1 aromatic heterocycles. The van der Waals surface area contributed by atoms with Crippen LogP contribution >= 0.6 is 0 Å². The molecule has 0 aromatic carbocycles. The summed E-state index contributed by atoms with van der Waals surface area (Å²) in [5.74, 6) is 0. The van der Waals surface area contributed by atoms with Crippen LogP contribution in [0, 0.1) is 6.92 Å². The van der Waals surface area contributed by atoms with Gasteiger partial charge >= 0.3 is 7.12 Å². The van der Waals surface area contributed by atoms with Crippen LogP contribution in [0.2, 0.25) is 0 Å². The van der Waals surface area contributed by atoms with Crippen LogP contribution in [0.25, 0.3) is 0 Å². The lowest BCUT2D eigenvalue weighted by Crippen LogP contribution is -2.28. The Bertz CT molecular complexity index is 197. The predicted molar refractivity (Wildman–Crippen MR) is 31.1 cm³/mol. The van der Waals surface area contributed by atoms with E-state index in [0.717, 1.165) is 0 Å². The molecular formula is C4H6BNO3. The van der Waals surface area contributed by atoms with Gasteiger partial charge in [0.1, 0.15) is 0 Å². The lowest BCUT2D eigenvalue weighted by molar-refractivity contribution is 0.381. The number of hydrogen-bond acceptors (Lipinski definition) is 4. The largest absolute Gasteiger partial charge is 0.529 e. The van der Waals surface area contributed by atoms with Gasteiger partial charge in [-0.2, -0.15) is 0 Å². The number of hydrogen-bond donors (Lipinski definition) is 2. The third-order valence-corrected chi connectivity index (χ3v) is 0.901. The molecule has 4 nitrogen and oxygen atoms in total. The van der Waals surface area contributed by atoms with Crippen LogP contribution < -0.4 is 5.66 Å². The predicted octanol–water partition coefficient (Wildman–Crippen LogP) is -1.34. The van der Waals surface area contributed by atoms with Crippen LogP contribution in [-0.4, -0.2) is 22.3 Å². The molecule has 0 aliphatic rings. The SMILES string of the molecule is Cc1cc(B(O)O)on1. The average molecular weight is 127 g/mol. The standard InChI is InChI=1S/C4H6BNO3/c1-3-2-4(5(7)8)9-6-3/h2,7-8H,1H3. The maximum atomic E-state index is 8.46. The van der Waals surface area contributed by atoms with Crippen molar-refractivity contribution in [1.29, 1.82) is 0 Å². The maximum absolute atomic E-state index is 8.46. The van der Waals surface area contributed by atoms with Gasteiger partial charge in [0.2, 0.25) is 0 Å². The minimum atomic E-state index is -1.55. The molecule has 0 amide bonds. The minimum Gasteiger partial charge on any atom is -0.421 e. The second-order valence-electron chi connectivity index (χ2n) is 1.74. The van der Waals surface area contributed by atoms with Crippen LogP contribution in [0.4, 0.5) is 0 Å². The number of rotatable bonds is 1. The van der Waals surface area contributed by atoms with Crippen LogP contribution in [0.1, 0.15) is 5.69 Å². The lowest BCUT2D eigenvalue weighted by atomic mass is 9.88. The molecule has 0 fully saturated rings. The first-order chi connectivity index (χ1) is 4.20. The van der Waals surface area contributed by atoms with E-state index in [0.29, 0.717) is 5.69 Å². The van der Waals surface area contributed by atoms with Gasteiger partial charge in [0.05, 0.1) is 5.69 Å². The van der Waals surface area contributed by atoms with Gasteiger partial charge in [-0.1, -0.05) is 5.16 Å². The van der Waals surface area contributed by atoms with E-state index in [4.69, 9.17) is 10.0 Å². The Morgan fingerprint density at radius 2 is 2.33 bits per heavy atom. The Balaban J connectivity index is 2.85. The molecule has 0 saturated carbocycles. The molecule has 9 heavy (non-hydrogen) atoms. The highest BCUT2D eigenvalue weighted by Gasteiger charge is 2.15. The van der Waals surface area contributed by atoms with Crippen LogP contribution in [-0.2, 0) is 0 Å². The molecule has 0 aliphatic heterocycles. The molecule has 1 heterocycles. The maximum Gasteiger partial charge on any atom is 0.529 e. The Hall–Kier alpha value is -0.805. The van der Waals surface area contributed by atoms with Gasteiger partial charge in [0.15, 0.2) is 5.66 Å². The molecule has 1 rings (SSSR count). The van der Waals surface area contributed by atoms with E-state index >= 15 is 0 Å². The summed E-state index contributed by atoms with van der Waals surface area (Å²) in [7, 11) is -1.55. The minimum absolute atomic E-state index is 0.0764. The summed E-state index contributed by atoms with van der Waals surface area (Å²) in [5.41, 5.74) is 0.714. The highest BCUT2D eigenvalue weighted by Crippen LogP contribution is 1.87. The van der Waals surface area contributed by atoms with Crippen molar-refractivity contribution in [2.75, 3.05) is 0 Å². The van der Waals surface area contributed by atoms with Gasteiger partial charge in [-0.25, -0.2) is 0 Å². The van der Waals surface area contributed by atoms with Crippen molar-refractivity contribution in [2.24, 2.45) is 0 Å². The van der Waals surface area contributed by atoms with Crippen molar-refractivity contribution < 1.29 is 14.6 Å². The Kier molecular flexibility index (Phi) is 1.55. The fourth-order valence-electron chi connectivity index (χ4n) is 0.505. The highest BCUT2D eigenvalue weighted by molar-refractivity contribution is 6.56. The van der Waals surface area contributed by atoms with E-state index in [-0.39, 0.29) is 5.66 Å². The summed E-state index contributed by atoms with van der Waals surface area (Å²) < 4.78 is 4.48. The molecule has 2 N–H and O–H groups in total. The van der Waals surface area contributed by atoms with Gasteiger partial charge < -0.3 is 14.6 Å². The van der Waals surface area contributed by atoms with Crippen molar-refractivity contribution in [3.8, 4) is 0 Å². The molecule has 0 aliphatic carbocycles. The van der Waals surface area contributed by atoms with E-state index in [9.17, 15) is 0 Å². The van der Waals surface area contributed by atoms with Crippen molar-refractivity contribution in [3.05, 3.63) is 11.8 Å². The first-order valence-corrected chi connectivity index (χ1v) is 2.49. The fourth-order valence-corrected chi connectivity index (χ4v) is 0.505. The Morgan fingerprint density at radius 3 is 2.56 bits per heavy atom. The van der Waals surface area contributed by atoms with E-state index in [2.05, 4.69) is 9.68 Å². The molecule has 0 atom stereocenters. The summed E-state index contributed by atoms with van der Waals surface area (Å²) in [6, 6.07) is 1.46. The molecule has 0 radical (unpaired) electrons. The van der Waals surface area contributed by atoms with Gasteiger partial charge in [-0.05, 0) is 6.92 Å². The zero-order chi connectivity index (χ0) is 6.85. The first kappa shape index (κ1) is 6.32. The van der Waals surface area contributed by atoms with E-state index in [1.54, 1.807) is 6.92 Å². The van der Waals surface area contributed by atoms with E-state index in [1.165, 1.54) is 6.07 Å². The second-order valence-corrected chi connectivity index (χ2v) is 1.74. The second kappa shape index (κ2) is 2.20. The smallest absolute Gasteiger partial charge is 0.421 e. The van der Waals surface area contributed by atoms with Crippen molar-refractivity contribution >= 4 is 12.8 Å². The van der Waals surface area contributed by atoms with Crippen molar-refractivity contribution in [3.63, 3.8) is 0 Å². The summed E-state index contributed by atoms with van der Waals surface area (Å²) in [4.78, 5) is 0. The Labute approximate surface area is 52.2 Å². The normalized spacial score (nSPS) is 9.67. The molecule has 0 bridgehead atoms. The molecule has 0 spiro atoms. The first-order valence-electron chi connectivity index (χ1n) is 2.49. The molecular weight excluding hydrogens is 121 g/mol. The lowest BCUT2D eigenvalue weighted by Gasteiger charge is -1.84. The summed E-state index contributed by atoms with van der Waals surface area (Å²) >= 11 is 0. The summed E-state index contributed by atoms with van der Waals surface area (Å²) in [6.07, 6.45) is 0. The van der Waals surface area contributed by atoms with Gasteiger partial charge in [0, 0.05) is 6.07 Å². The quantitative estimate of drug-likeness (QED) is 0.458. The van der Waals surface area contributed by atoms with Crippen LogP contribution in [0.3, 0.4) is 0 Å². The average Bonchev–Trinajstić information content (AvgIpc) is 2.14.